The van der Waals surface area contributed by atoms with E-state index in [1.807, 2.05) is 31.2 Å². The Morgan fingerprint density at radius 1 is 0.978 bits per heavy atom. The molecule has 3 aromatic carbocycles. The Labute approximate surface area is 272 Å². The van der Waals surface area contributed by atoms with Gasteiger partial charge in [-0.05, 0) is 113 Å². The van der Waals surface area contributed by atoms with Crippen LogP contribution < -0.4 is 14.7 Å². The molecule has 0 spiro atoms. The third kappa shape index (κ3) is 6.61. The number of alkyl halides is 3. The SMILES string of the molecule is Cc1ccc(S(=O)(=O)OCCC2CCN(c3ccc(N4C(=S)N(c5ccc(C#N)c(C(F)(F)F)c5)C(=O)C4(C)C)cc3)CC2)cc1. The predicted octanol–water partition coefficient (Wildman–Crippen LogP) is 6.81. The van der Waals surface area contributed by atoms with E-state index in [1.54, 1.807) is 49.1 Å². The third-order valence-corrected chi connectivity index (χ3v) is 10.2. The summed E-state index contributed by atoms with van der Waals surface area (Å²) in [6.07, 6.45) is -2.41. The molecule has 0 radical (unpaired) electrons. The first-order chi connectivity index (χ1) is 21.6. The molecule has 0 aromatic heterocycles. The zero-order valence-corrected chi connectivity index (χ0v) is 27.2. The summed E-state index contributed by atoms with van der Waals surface area (Å²) in [7, 11) is -3.79. The molecule has 0 bridgehead atoms. The van der Waals surface area contributed by atoms with Crippen LogP contribution in [0.15, 0.2) is 71.6 Å². The number of rotatable bonds is 8. The molecule has 0 atom stereocenters. The van der Waals surface area contributed by atoms with Gasteiger partial charge in [0.25, 0.3) is 16.0 Å². The second-order valence-electron chi connectivity index (χ2n) is 12.0. The second-order valence-corrected chi connectivity index (χ2v) is 14.0. The van der Waals surface area contributed by atoms with Gasteiger partial charge >= 0.3 is 6.18 Å². The van der Waals surface area contributed by atoms with Crippen LogP contribution in [0, 0.1) is 24.2 Å². The van der Waals surface area contributed by atoms with Gasteiger partial charge in [0, 0.05) is 24.5 Å². The summed E-state index contributed by atoms with van der Waals surface area (Å²) in [6, 6.07) is 18.7. The molecule has 1 amide bonds. The zero-order valence-electron chi connectivity index (χ0n) is 25.5. The summed E-state index contributed by atoms with van der Waals surface area (Å²) >= 11 is 5.64. The molecular formula is C33H33F3N4O4S2. The summed E-state index contributed by atoms with van der Waals surface area (Å²) in [4.78, 5) is 18.6. The van der Waals surface area contributed by atoms with E-state index in [-0.39, 0.29) is 22.3 Å². The van der Waals surface area contributed by atoms with Crippen LogP contribution in [0.4, 0.5) is 30.2 Å². The fraction of sp³-hybridized carbons (Fsp3) is 0.364. The molecule has 0 unspecified atom stereocenters. The predicted molar refractivity (Wildman–Crippen MR) is 173 cm³/mol. The Morgan fingerprint density at radius 2 is 1.57 bits per heavy atom. The minimum atomic E-state index is -4.78. The number of aryl methyl sites for hydroxylation is 1. The largest absolute Gasteiger partial charge is 0.417 e. The summed E-state index contributed by atoms with van der Waals surface area (Å²) in [5.74, 6) is -0.166. The second kappa shape index (κ2) is 12.7. The monoisotopic (exact) mass is 670 g/mol. The summed E-state index contributed by atoms with van der Waals surface area (Å²) in [6.45, 7) is 6.87. The van der Waals surface area contributed by atoms with Crippen LogP contribution in [-0.4, -0.2) is 44.7 Å². The first-order valence-electron chi connectivity index (χ1n) is 14.7. The van der Waals surface area contributed by atoms with E-state index in [0.717, 1.165) is 54.2 Å². The van der Waals surface area contributed by atoms with E-state index in [0.29, 0.717) is 18.0 Å². The number of halogens is 3. The van der Waals surface area contributed by atoms with E-state index in [2.05, 4.69) is 4.90 Å². The number of hydrogen-bond donors (Lipinski definition) is 0. The van der Waals surface area contributed by atoms with Crippen LogP contribution in [0.5, 0.6) is 0 Å². The zero-order chi connectivity index (χ0) is 33.4. The van der Waals surface area contributed by atoms with Crippen molar-refractivity contribution in [2.45, 2.75) is 56.6 Å². The number of carbonyl (C=O) groups excluding carboxylic acids is 1. The number of nitriles is 1. The van der Waals surface area contributed by atoms with E-state index in [4.69, 9.17) is 21.7 Å². The average molecular weight is 671 g/mol. The van der Waals surface area contributed by atoms with Gasteiger partial charge in [0.1, 0.15) is 5.54 Å². The van der Waals surface area contributed by atoms with Crippen molar-refractivity contribution < 1.29 is 30.6 Å². The summed E-state index contributed by atoms with van der Waals surface area (Å²) in [5.41, 5.74) is -0.366. The molecule has 2 heterocycles. The fourth-order valence-corrected chi connectivity index (χ4v) is 7.29. The van der Waals surface area contributed by atoms with Gasteiger partial charge in [0.15, 0.2) is 5.11 Å². The molecule has 46 heavy (non-hydrogen) atoms. The molecule has 2 fully saturated rings. The van der Waals surface area contributed by atoms with Crippen LogP contribution >= 0.6 is 12.2 Å². The molecule has 0 N–H and O–H groups in total. The van der Waals surface area contributed by atoms with Crippen LogP contribution in [0.2, 0.25) is 0 Å². The van der Waals surface area contributed by atoms with Crippen molar-refractivity contribution in [1.29, 1.82) is 5.26 Å². The molecule has 0 saturated carbocycles. The van der Waals surface area contributed by atoms with Gasteiger partial charge in [0.2, 0.25) is 0 Å². The molecule has 13 heteroatoms. The Hall–Kier alpha value is -3.99. The Kier molecular flexibility index (Phi) is 9.19. The van der Waals surface area contributed by atoms with Crippen molar-refractivity contribution in [3.05, 3.63) is 83.4 Å². The maximum atomic E-state index is 13.6. The number of benzene rings is 3. The van der Waals surface area contributed by atoms with Crippen molar-refractivity contribution in [1.82, 2.24) is 0 Å². The fourth-order valence-electron chi connectivity index (χ4n) is 5.85. The Bertz CT molecular complexity index is 1780. The molecular weight excluding hydrogens is 638 g/mol. The standard InChI is InChI=1S/C33H33F3N4O4S2/c1-22-4-12-28(13-5-22)46(42,43)44-19-16-23-14-17-38(18-15-23)25-8-10-26(11-9-25)40-31(45)39(30(41)32(40,2)3)27-7-6-24(21-37)29(20-27)33(34,35)36/h4-13,20,23H,14-19H2,1-3H3. The van der Waals surface area contributed by atoms with Crippen molar-refractivity contribution >= 4 is 50.4 Å². The van der Waals surface area contributed by atoms with Gasteiger partial charge in [-0.15, -0.1) is 0 Å². The minimum Gasteiger partial charge on any atom is -0.372 e. The van der Waals surface area contributed by atoms with Gasteiger partial charge in [-0.25, -0.2) is 0 Å². The highest BCUT2D eigenvalue weighted by Gasteiger charge is 2.50. The lowest BCUT2D eigenvalue weighted by molar-refractivity contribution is -0.137. The lowest BCUT2D eigenvalue weighted by Gasteiger charge is -2.34. The molecule has 3 aromatic rings. The van der Waals surface area contributed by atoms with E-state index >= 15 is 0 Å². The van der Waals surface area contributed by atoms with Gasteiger partial charge in [-0.2, -0.15) is 26.9 Å². The number of carbonyl (C=O) groups is 1. The molecule has 0 aliphatic carbocycles. The van der Waals surface area contributed by atoms with Gasteiger partial charge in [0.05, 0.1) is 34.4 Å². The van der Waals surface area contributed by atoms with Crippen LogP contribution in [0.1, 0.15) is 49.8 Å². The summed E-state index contributed by atoms with van der Waals surface area (Å²) in [5, 5.41) is 9.19. The van der Waals surface area contributed by atoms with Crippen molar-refractivity contribution in [3.8, 4) is 6.07 Å². The average Bonchev–Trinajstić information content (AvgIpc) is 3.19. The van der Waals surface area contributed by atoms with Crippen molar-refractivity contribution in [3.63, 3.8) is 0 Å². The molecule has 2 aliphatic rings. The lowest BCUT2D eigenvalue weighted by atomic mass is 9.93. The van der Waals surface area contributed by atoms with E-state index in [9.17, 15) is 26.4 Å². The molecule has 2 aliphatic heterocycles. The normalized spacial score (nSPS) is 17.5. The van der Waals surface area contributed by atoms with Gasteiger partial charge < -0.3 is 9.80 Å². The van der Waals surface area contributed by atoms with Crippen LogP contribution in [0.25, 0.3) is 0 Å². The minimum absolute atomic E-state index is 0.0352. The number of thiocarbonyl (C=S) groups is 1. The number of nitrogens with zero attached hydrogens (tertiary/aromatic N) is 4. The highest BCUT2D eigenvalue weighted by atomic mass is 32.2. The Morgan fingerprint density at radius 3 is 2.15 bits per heavy atom. The number of piperidine rings is 1. The highest BCUT2D eigenvalue weighted by Crippen LogP contribution is 2.40. The van der Waals surface area contributed by atoms with Crippen molar-refractivity contribution in [2.24, 2.45) is 5.92 Å². The smallest absolute Gasteiger partial charge is 0.372 e. The highest BCUT2D eigenvalue weighted by molar-refractivity contribution is 7.86. The van der Waals surface area contributed by atoms with Crippen LogP contribution in [-0.2, 0) is 25.3 Å². The van der Waals surface area contributed by atoms with Crippen LogP contribution in [0.3, 0.4) is 0 Å². The molecule has 5 rings (SSSR count). The number of hydrogen-bond acceptors (Lipinski definition) is 7. The lowest BCUT2D eigenvalue weighted by Crippen LogP contribution is -2.44. The Balaban J connectivity index is 1.22. The van der Waals surface area contributed by atoms with E-state index in [1.165, 1.54) is 6.07 Å². The van der Waals surface area contributed by atoms with Crippen molar-refractivity contribution in [2.75, 3.05) is 34.4 Å². The van der Waals surface area contributed by atoms with E-state index < -0.39 is 38.9 Å². The maximum absolute atomic E-state index is 13.6. The number of amides is 1. The summed E-state index contributed by atoms with van der Waals surface area (Å²) < 4.78 is 71.1. The van der Waals surface area contributed by atoms with Gasteiger partial charge in [-0.3, -0.25) is 13.9 Å². The molecule has 242 valence electrons. The quantitative estimate of drug-likeness (QED) is 0.191. The maximum Gasteiger partial charge on any atom is 0.417 e. The molecule has 8 nitrogen and oxygen atoms in total. The van der Waals surface area contributed by atoms with Gasteiger partial charge in [-0.1, -0.05) is 17.7 Å². The number of anilines is 3. The first kappa shape index (κ1) is 33.4. The topological polar surface area (TPSA) is 94.0 Å². The first-order valence-corrected chi connectivity index (χ1v) is 16.6. The molecule has 2 saturated heterocycles. The third-order valence-electron chi connectivity index (χ3n) is 8.52.